The van der Waals surface area contributed by atoms with Crippen LogP contribution in [0.5, 0.6) is 0 Å². The van der Waals surface area contributed by atoms with Crippen molar-refractivity contribution >= 4 is 69.6 Å². The lowest BCUT2D eigenvalue weighted by Crippen LogP contribution is -2.26. The monoisotopic (exact) mass is 437 g/mol. The molecule has 0 saturated carbocycles. The maximum Gasteiger partial charge on any atom is 0.253 e. The predicted molar refractivity (Wildman–Crippen MR) is 114 cm³/mol. The summed E-state index contributed by atoms with van der Waals surface area (Å²) in [5, 5.41) is 6.07. The predicted octanol–water partition coefficient (Wildman–Crippen LogP) is 5.83. The van der Waals surface area contributed by atoms with E-state index in [0.717, 1.165) is 15.8 Å². The molecule has 0 aliphatic heterocycles. The molecule has 1 amide bonds. The third-order valence-electron chi connectivity index (χ3n) is 3.63. The molecule has 0 aliphatic rings. The van der Waals surface area contributed by atoms with Crippen molar-refractivity contribution in [2.75, 3.05) is 0 Å². The van der Waals surface area contributed by atoms with E-state index >= 15 is 0 Å². The van der Waals surface area contributed by atoms with Crippen molar-refractivity contribution in [2.45, 2.75) is 17.1 Å². The first-order valence-corrected chi connectivity index (χ1v) is 9.94. The molecular formula is C19H14Cl3N3OS. The van der Waals surface area contributed by atoms with E-state index in [-0.39, 0.29) is 11.2 Å². The smallest absolute Gasteiger partial charge is 0.253 e. The summed E-state index contributed by atoms with van der Waals surface area (Å²) in [6.45, 7) is 1.80. The number of thioether (sulfide) groups is 1. The zero-order valence-corrected chi connectivity index (χ0v) is 17.2. The van der Waals surface area contributed by atoms with Gasteiger partial charge in [0.05, 0.1) is 17.0 Å². The van der Waals surface area contributed by atoms with Crippen LogP contribution in [0.3, 0.4) is 0 Å². The Balaban J connectivity index is 1.65. The average Bonchev–Trinajstić information content (AvgIpc) is 2.64. The second-order valence-electron chi connectivity index (χ2n) is 5.65. The van der Waals surface area contributed by atoms with E-state index in [0.29, 0.717) is 20.8 Å². The van der Waals surface area contributed by atoms with Crippen molar-refractivity contribution < 1.29 is 4.79 Å². The SMILES string of the molecule is C[C@H](Sc1ccc(Cl)cc1)C(=O)N/N=C\c1cc2cc(Cl)ccc2nc1Cl. The molecule has 0 bridgehead atoms. The van der Waals surface area contributed by atoms with Crippen molar-refractivity contribution in [1.29, 1.82) is 0 Å². The van der Waals surface area contributed by atoms with Crippen LogP contribution in [0.15, 0.2) is 58.5 Å². The number of amides is 1. The molecular weight excluding hydrogens is 425 g/mol. The minimum atomic E-state index is -0.327. The lowest BCUT2D eigenvalue weighted by atomic mass is 10.2. The van der Waals surface area contributed by atoms with Crippen LogP contribution in [0.25, 0.3) is 10.9 Å². The van der Waals surface area contributed by atoms with Gasteiger partial charge in [-0.15, -0.1) is 11.8 Å². The van der Waals surface area contributed by atoms with E-state index in [1.54, 1.807) is 37.3 Å². The summed E-state index contributed by atoms with van der Waals surface area (Å²) < 4.78 is 0. The molecule has 0 aliphatic carbocycles. The number of fused-ring (bicyclic) bond motifs is 1. The third kappa shape index (κ3) is 5.36. The van der Waals surface area contributed by atoms with E-state index in [9.17, 15) is 4.79 Å². The van der Waals surface area contributed by atoms with Crippen molar-refractivity contribution in [3.63, 3.8) is 0 Å². The van der Waals surface area contributed by atoms with Crippen molar-refractivity contribution in [3.05, 3.63) is 69.3 Å². The summed E-state index contributed by atoms with van der Waals surface area (Å²) in [6, 6.07) is 14.5. The van der Waals surface area contributed by atoms with E-state index < -0.39 is 0 Å². The lowest BCUT2D eigenvalue weighted by molar-refractivity contribution is -0.120. The number of halogens is 3. The largest absolute Gasteiger partial charge is 0.272 e. The summed E-state index contributed by atoms with van der Waals surface area (Å²) in [6.07, 6.45) is 1.47. The number of hydrogen-bond donors (Lipinski definition) is 1. The molecule has 1 aromatic heterocycles. The second kappa shape index (κ2) is 8.93. The van der Waals surface area contributed by atoms with Gasteiger partial charge in [-0.2, -0.15) is 5.10 Å². The molecule has 1 heterocycles. The number of carbonyl (C=O) groups excluding carboxylic acids is 1. The van der Waals surface area contributed by atoms with Gasteiger partial charge >= 0.3 is 0 Å². The standard InChI is InChI=1S/C19H14Cl3N3OS/c1-11(27-16-5-2-14(20)3-6-16)19(26)25-23-10-13-8-12-9-15(21)4-7-17(12)24-18(13)22/h2-11H,1H3,(H,25,26)/b23-10-/t11-/m0/s1. The van der Waals surface area contributed by atoms with Gasteiger partial charge in [0, 0.05) is 25.9 Å². The maximum absolute atomic E-state index is 12.2. The summed E-state index contributed by atoms with van der Waals surface area (Å²) in [5.41, 5.74) is 3.84. The van der Waals surface area contributed by atoms with Crippen LogP contribution >= 0.6 is 46.6 Å². The Morgan fingerprint density at radius 3 is 2.56 bits per heavy atom. The Morgan fingerprint density at radius 2 is 1.81 bits per heavy atom. The number of carbonyl (C=O) groups is 1. The van der Waals surface area contributed by atoms with Crippen LogP contribution in [0, 0.1) is 0 Å². The zero-order valence-electron chi connectivity index (χ0n) is 14.1. The maximum atomic E-state index is 12.2. The van der Waals surface area contributed by atoms with E-state index in [1.807, 2.05) is 18.2 Å². The summed E-state index contributed by atoms with van der Waals surface area (Å²) >= 11 is 19.5. The van der Waals surface area contributed by atoms with Crippen LogP contribution in [0.4, 0.5) is 0 Å². The first-order valence-electron chi connectivity index (χ1n) is 7.93. The molecule has 27 heavy (non-hydrogen) atoms. The number of hydrazone groups is 1. The molecule has 1 atom stereocenters. The quantitative estimate of drug-likeness (QED) is 0.236. The number of pyridine rings is 1. The summed E-state index contributed by atoms with van der Waals surface area (Å²) in [5.74, 6) is -0.223. The van der Waals surface area contributed by atoms with Crippen LogP contribution in [0.1, 0.15) is 12.5 Å². The van der Waals surface area contributed by atoms with E-state index in [1.165, 1.54) is 18.0 Å². The average molecular weight is 439 g/mol. The molecule has 138 valence electrons. The normalized spacial score (nSPS) is 12.4. The topological polar surface area (TPSA) is 54.4 Å². The number of nitrogens with zero attached hydrogens (tertiary/aromatic N) is 2. The molecule has 2 aromatic carbocycles. The Bertz CT molecular complexity index is 1010. The molecule has 0 radical (unpaired) electrons. The van der Waals surface area contributed by atoms with Gasteiger partial charge in [-0.25, -0.2) is 10.4 Å². The molecule has 4 nitrogen and oxygen atoms in total. The molecule has 0 saturated heterocycles. The highest BCUT2D eigenvalue weighted by Gasteiger charge is 2.13. The number of benzene rings is 2. The van der Waals surface area contributed by atoms with E-state index in [4.69, 9.17) is 34.8 Å². The molecule has 0 spiro atoms. The van der Waals surface area contributed by atoms with Crippen molar-refractivity contribution in [2.24, 2.45) is 5.10 Å². The Morgan fingerprint density at radius 1 is 1.11 bits per heavy atom. The van der Waals surface area contributed by atoms with Gasteiger partial charge in [0.2, 0.25) is 0 Å². The van der Waals surface area contributed by atoms with Gasteiger partial charge in [-0.3, -0.25) is 4.79 Å². The summed E-state index contributed by atoms with van der Waals surface area (Å²) in [4.78, 5) is 17.5. The molecule has 0 fully saturated rings. The highest BCUT2D eigenvalue weighted by atomic mass is 35.5. The Kier molecular flexibility index (Phi) is 6.60. The molecule has 3 aromatic rings. The third-order valence-corrected chi connectivity index (χ3v) is 5.53. The van der Waals surface area contributed by atoms with Gasteiger partial charge in [0.15, 0.2) is 0 Å². The highest BCUT2D eigenvalue weighted by Crippen LogP contribution is 2.25. The number of rotatable bonds is 5. The van der Waals surface area contributed by atoms with Crippen molar-refractivity contribution in [1.82, 2.24) is 10.4 Å². The zero-order chi connectivity index (χ0) is 19.4. The Hall–Kier alpha value is -1.79. The van der Waals surface area contributed by atoms with E-state index in [2.05, 4.69) is 15.5 Å². The van der Waals surface area contributed by atoms with Gasteiger partial charge in [0.1, 0.15) is 5.15 Å². The van der Waals surface area contributed by atoms with Crippen LogP contribution in [0.2, 0.25) is 15.2 Å². The fourth-order valence-electron chi connectivity index (χ4n) is 2.26. The number of hydrogen-bond acceptors (Lipinski definition) is 4. The van der Waals surface area contributed by atoms with Gasteiger partial charge < -0.3 is 0 Å². The molecule has 8 heteroatoms. The minimum absolute atomic E-state index is 0.223. The molecule has 0 unspecified atom stereocenters. The second-order valence-corrected chi connectivity index (χ2v) is 8.30. The molecule has 1 N–H and O–H groups in total. The summed E-state index contributed by atoms with van der Waals surface area (Å²) in [7, 11) is 0. The van der Waals surface area contributed by atoms with Crippen molar-refractivity contribution in [3.8, 4) is 0 Å². The first-order chi connectivity index (χ1) is 12.9. The fraction of sp³-hybridized carbons (Fsp3) is 0.105. The van der Waals surface area contributed by atoms with Crippen LogP contribution < -0.4 is 5.43 Å². The van der Waals surface area contributed by atoms with Gasteiger partial charge in [0.25, 0.3) is 5.91 Å². The van der Waals surface area contributed by atoms with Crippen LogP contribution in [-0.4, -0.2) is 22.4 Å². The lowest BCUT2D eigenvalue weighted by Gasteiger charge is -2.09. The van der Waals surface area contributed by atoms with Crippen LogP contribution in [-0.2, 0) is 4.79 Å². The van der Waals surface area contributed by atoms with Gasteiger partial charge in [-0.05, 0) is 55.5 Å². The Labute approximate surface area is 175 Å². The fourth-order valence-corrected chi connectivity index (χ4v) is 3.62. The highest BCUT2D eigenvalue weighted by molar-refractivity contribution is 8.00. The minimum Gasteiger partial charge on any atom is -0.272 e. The number of aromatic nitrogens is 1. The first kappa shape index (κ1) is 20.0. The molecule has 3 rings (SSSR count). The van der Waals surface area contributed by atoms with Gasteiger partial charge in [-0.1, -0.05) is 34.8 Å². The number of nitrogens with one attached hydrogen (secondary N) is 1.